The van der Waals surface area contributed by atoms with Gasteiger partial charge in [-0.25, -0.2) is 19.9 Å². The third kappa shape index (κ3) is 3.94. The highest BCUT2D eigenvalue weighted by atomic mass is 16.5. The lowest BCUT2D eigenvalue weighted by Crippen LogP contribution is -2.44. The highest BCUT2D eigenvalue weighted by molar-refractivity contribution is 5.77. The molecule has 0 radical (unpaired) electrons. The summed E-state index contributed by atoms with van der Waals surface area (Å²) in [4.78, 5) is 33.0. The normalized spacial score (nSPS) is 17.2. The number of ether oxygens (including phenoxy) is 2. The van der Waals surface area contributed by atoms with Crippen LogP contribution in [0.15, 0.2) is 24.9 Å². The molecule has 1 aliphatic rings. The van der Waals surface area contributed by atoms with Crippen molar-refractivity contribution in [1.82, 2.24) is 24.8 Å². The van der Waals surface area contributed by atoms with Gasteiger partial charge in [-0.15, -0.1) is 0 Å². The number of carbonyl (C=O) groups excluding carboxylic acids is 1. The number of anilines is 1. The van der Waals surface area contributed by atoms with E-state index < -0.39 is 0 Å². The van der Waals surface area contributed by atoms with Crippen molar-refractivity contribution in [3.8, 4) is 11.1 Å². The molecule has 26 heavy (non-hydrogen) atoms. The van der Waals surface area contributed by atoms with Gasteiger partial charge in [0.15, 0.2) is 0 Å². The fraction of sp³-hybridized carbons (Fsp3) is 0.471. The standard InChI is InChI=1S/C17H22N6O3/c1-22(2)17-20-8-13(12-6-18-11-19-7-12)16(21-17)14-9-23(4-5-26-14)15(24)10-25-3/h6-8,11,14H,4-5,9-10H2,1-3H3. The summed E-state index contributed by atoms with van der Waals surface area (Å²) >= 11 is 0. The zero-order valence-electron chi connectivity index (χ0n) is 15.1. The Hall–Kier alpha value is -2.65. The van der Waals surface area contributed by atoms with Crippen LogP contribution in [0.4, 0.5) is 5.95 Å². The van der Waals surface area contributed by atoms with Gasteiger partial charge in [0.2, 0.25) is 11.9 Å². The maximum atomic E-state index is 12.2. The number of carbonyl (C=O) groups is 1. The number of amides is 1. The fourth-order valence-corrected chi connectivity index (χ4v) is 2.76. The van der Waals surface area contributed by atoms with Crippen LogP contribution < -0.4 is 4.90 Å². The molecule has 9 heteroatoms. The van der Waals surface area contributed by atoms with Crippen molar-refractivity contribution in [2.75, 3.05) is 52.4 Å². The van der Waals surface area contributed by atoms with E-state index in [0.717, 1.165) is 11.1 Å². The summed E-state index contributed by atoms with van der Waals surface area (Å²) in [6.45, 7) is 1.44. The molecule has 3 heterocycles. The quantitative estimate of drug-likeness (QED) is 0.765. The summed E-state index contributed by atoms with van der Waals surface area (Å²) < 4.78 is 10.9. The first kappa shape index (κ1) is 18.2. The summed E-state index contributed by atoms with van der Waals surface area (Å²) in [5.41, 5.74) is 2.31. The van der Waals surface area contributed by atoms with E-state index in [1.165, 1.54) is 13.4 Å². The summed E-state index contributed by atoms with van der Waals surface area (Å²) in [5, 5.41) is 0. The molecule has 1 aliphatic heterocycles. The maximum absolute atomic E-state index is 12.2. The van der Waals surface area contributed by atoms with Crippen molar-refractivity contribution < 1.29 is 14.3 Å². The van der Waals surface area contributed by atoms with Gasteiger partial charge in [0.05, 0.1) is 18.8 Å². The second-order valence-corrected chi connectivity index (χ2v) is 6.12. The second-order valence-electron chi connectivity index (χ2n) is 6.12. The molecule has 9 nitrogen and oxygen atoms in total. The van der Waals surface area contributed by atoms with E-state index in [4.69, 9.17) is 9.47 Å². The van der Waals surface area contributed by atoms with Crippen LogP contribution in [0.1, 0.15) is 11.8 Å². The van der Waals surface area contributed by atoms with Crippen molar-refractivity contribution >= 4 is 11.9 Å². The largest absolute Gasteiger partial charge is 0.375 e. The third-order valence-electron chi connectivity index (χ3n) is 4.07. The van der Waals surface area contributed by atoms with Gasteiger partial charge in [0.1, 0.15) is 19.0 Å². The molecule has 1 unspecified atom stereocenters. The molecule has 2 aromatic rings. The SMILES string of the molecule is COCC(=O)N1CCOC(c2nc(N(C)C)ncc2-c2cncnc2)C1. The van der Waals surface area contributed by atoms with E-state index >= 15 is 0 Å². The molecule has 1 saturated heterocycles. The lowest BCUT2D eigenvalue weighted by Gasteiger charge is -2.33. The van der Waals surface area contributed by atoms with Crippen molar-refractivity contribution in [2.45, 2.75) is 6.10 Å². The van der Waals surface area contributed by atoms with Gasteiger partial charge in [-0.3, -0.25) is 4.79 Å². The second kappa shape index (κ2) is 8.15. The Bertz CT molecular complexity index is 755. The maximum Gasteiger partial charge on any atom is 0.248 e. The van der Waals surface area contributed by atoms with Gasteiger partial charge in [0, 0.05) is 57.5 Å². The molecule has 138 valence electrons. The number of morpholine rings is 1. The van der Waals surface area contributed by atoms with Gasteiger partial charge in [0.25, 0.3) is 0 Å². The topological polar surface area (TPSA) is 93.6 Å². The molecule has 3 rings (SSSR count). The summed E-state index contributed by atoms with van der Waals surface area (Å²) in [5.74, 6) is 0.511. The van der Waals surface area contributed by atoms with E-state index in [9.17, 15) is 4.79 Å². The van der Waals surface area contributed by atoms with Crippen LogP contribution in [0.2, 0.25) is 0 Å². The van der Waals surface area contributed by atoms with Crippen molar-refractivity contribution in [2.24, 2.45) is 0 Å². The monoisotopic (exact) mass is 358 g/mol. The Morgan fingerprint density at radius 2 is 2.12 bits per heavy atom. The van der Waals surface area contributed by atoms with Crippen molar-refractivity contribution in [3.63, 3.8) is 0 Å². The van der Waals surface area contributed by atoms with Crippen molar-refractivity contribution in [3.05, 3.63) is 30.6 Å². The average molecular weight is 358 g/mol. The minimum Gasteiger partial charge on any atom is -0.375 e. The molecule has 2 aromatic heterocycles. The van der Waals surface area contributed by atoms with Gasteiger partial charge >= 0.3 is 0 Å². The smallest absolute Gasteiger partial charge is 0.248 e. The molecule has 0 spiro atoms. The van der Waals surface area contributed by atoms with E-state index in [0.29, 0.717) is 31.3 Å². The van der Waals surface area contributed by atoms with Crippen LogP contribution in [0, 0.1) is 0 Å². The van der Waals surface area contributed by atoms with Crippen LogP contribution in [0.25, 0.3) is 11.1 Å². The average Bonchev–Trinajstić information content (AvgIpc) is 2.68. The molecule has 0 bridgehead atoms. The first-order valence-corrected chi connectivity index (χ1v) is 8.28. The van der Waals surface area contributed by atoms with Crippen LogP contribution in [0.5, 0.6) is 0 Å². The lowest BCUT2D eigenvalue weighted by molar-refractivity contribution is -0.143. The van der Waals surface area contributed by atoms with E-state index in [2.05, 4.69) is 19.9 Å². The minimum absolute atomic E-state index is 0.0544. The number of hydrogen-bond acceptors (Lipinski definition) is 8. The zero-order valence-corrected chi connectivity index (χ0v) is 15.1. The minimum atomic E-state index is -0.360. The van der Waals surface area contributed by atoms with E-state index in [1.807, 2.05) is 19.0 Å². The predicted molar refractivity (Wildman–Crippen MR) is 94.5 cm³/mol. The molecule has 0 aromatic carbocycles. The van der Waals surface area contributed by atoms with Gasteiger partial charge in [-0.1, -0.05) is 0 Å². The highest BCUT2D eigenvalue weighted by Crippen LogP contribution is 2.30. The number of aromatic nitrogens is 4. The van der Waals surface area contributed by atoms with Crippen LogP contribution in [0.3, 0.4) is 0 Å². The molecular formula is C17H22N6O3. The molecular weight excluding hydrogens is 336 g/mol. The molecule has 1 amide bonds. The Morgan fingerprint density at radius 1 is 1.35 bits per heavy atom. The number of nitrogens with zero attached hydrogens (tertiary/aromatic N) is 6. The van der Waals surface area contributed by atoms with Crippen LogP contribution in [-0.2, 0) is 14.3 Å². The highest BCUT2D eigenvalue weighted by Gasteiger charge is 2.29. The van der Waals surface area contributed by atoms with E-state index in [1.54, 1.807) is 23.5 Å². The van der Waals surface area contributed by atoms with Crippen LogP contribution in [-0.4, -0.2) is 78.3 Å². The van der Waals surface area contributed by atoms with E-state index in [-0.39, 0.29) is 18.6 Å². The predicted octanol–water partition coefficient (Wildman–Crippen LogP) is 0.546. The first-order chi connectivity index (χ1) is 12.6. The van der Waals surface area contributed by atoms with Crippen LogP contribution >= 0.6 is 0 Å². The van der Waals surface area contributed by atoms with Gasteiger partial charge in [-0.2, -0.15) is 0 Å². The Balaban J connectivity index is 1.96. The number of methoxy groups -OCH3 is 1. The molecule has 0 aliphatic carbocycles. The molecule has 1 fully saturated rings. The Kier molecular flexibility index (Phi) is 5.69. The lowest BCUT2D eigenvalue weighted by atomic mass is 10.0. The Morgan fingerprint density at radius 3 is 2.81 bits per heavy atom. The number of hydrogen-bond donors (Lipinski definition) is 0. The van der Waals surface area contributed by atoms with Gasteiger partial charge < -0.3 is 19.3 Å². The molecule has 1 atom stereocenters. The zero-order chi connectivity index (χ0) is 18.5. The first-order valence-electron chi connectivity index (χ1n) is 8.28. The molecule has 0 N–H and O–H groups in total. The third-order valence-corrected chi connectivity index (χ3v) is 4.07. The molecule has 0 saturated carbocycles. The number of rotatable bonds is 5. The van der Waals surface area contributed by atoms with Crippen molar-refractivity contribution in [1.29, 1.82) is 0 Å². The summed E-state index contributed by atoms with van der Waals surface area (Å²) in [6.07, 6.45) is 6.28. The van der Waals surface area contributed by atoms with Gasteiger partial charge in [-0.05, 0) is 0 Å². The fourth-order valence-electron chi connectivity index (χ4n) is 2.76. The Labute approximate surface area is 152 Å². The summed E-state index contributed by atoms with van der Waals surface area (Å²) in [6, 6.07) is 0. The summed E-state index contributed by atoms with van der Waals surface area (Å²) in [7, 11) is 5.26.